The number of aromatic nitrogens is 2. The van der Waals surface area contributed by atoms with Crippen molar-refractivity contribution in [1.82, 2.24) is 15.1 Å². The van der Waals surface area contributed by atoms with Gasteiger partial charge in [0, 0.05) is 12.7 Å². The molecular formula is C21H19F2N3O2. The number of nitrogens with zero attached hydrogens (tertiary/aromatic N) is 2. The number of benzene rings is 2. The predicted octanol–water partition coefficient (Wildman–Crippen LogP) is 3.25. The Hall–Kier alpha value is -3.06. The maximum Gasteiger partial charge on any atom is 0.254 e. The molecule has 1 aliphatic heterocycles. The van der Waals surface area contributed by atoms with Crippen LogP contribution in [0.2, 0.25) is 0 Å². The van der Waals surface area contributed by atoms with Crippen LogP contribution in [0.4, 0.5) is 8.78 Å². The zero-order valence-corrected chi connectivity index (χ0v) is 15.1. The number of halogens is 2. The summed E-state index contributed by atoms with van der Waals surface area (Å²) >= 11 is 0. The summed E-state index contributed by atoms with van der Waals surface area (Å²) in [5, 5.41) is 7.23. The molecule has 1 aromatic heterocycles. The summed E-state index contributed by atoms with van der Waals surface area (Å²) in [4.78, 5) is 12.2. The van der Waals surface area contributed by atoms with Crippen molar-refractivity contribution >= 4 is 5.91 Å². The molecule has 0 fully saturated rings. The Bertz CT molecular complexity index is 989. The van der Waals surface area contributed by atoms with Crippen molar-refractivity contribution in [3.63, 3.8) is 0 Å². The molecule has 7 heteroatoms. The zero-order valence-electron chi connectivity index (χ0n) is 15.1. The lowest BCUT2D eigenvalue weighted by Gasteiger charge is -2.22. The molecule has 2 heterocycles. The average Bonchev–Trinajstić information content (AvgIpc) is 3.11. The third-order valence-electron chi connectivity index (χ3n) is 4.67. The van der Waals surface area contributed by atoms with Crippen LogP contribution in [0.5, 0.6) is 0 Å². The van der Waals surface area contributed by atoms with Crippen LogP contribution in [-0.2, 0) is 17.7 Å². The largest absolute Gasteiger partial charge is 0.370 e. The second-order valence-corrected chi connectivity index (χ2v) is 6.67. The monoisotopic (exact) mass is 383 g/mol. The minimum atomic E-state index is -0.767. The van der Waals surface area contributed by atoms with Crippen molar-refractivity contribution in [3.8, 4) is 0 Å². The van der Waals surface area contributed by atoms with Crippen molar-refractivity contribution in [3.05, 3.63) is 88.7 Å². The number of nitrogens with one attached hydrogen (secondary N) is 1. The van der Waals surface area contributed by atoms with Gasteiger partial charge in [-0.25, -0.2) is 8.78 Å². The topological polar surface area (TPSA) is 56.1 Å². The van der Waals surface area contributed by atoms with Crippen molar-refractivity contribution in [2.45, 2.75) is 19.1 Å². The van der Waals surface area contributed by atoms with Gasteiger partial charge in [-0.3, -0.25) is 9.48 Å². The fourth-order valence-corrected chi connectivity index (χ4v) is 3.29. The third kappa shape index (κ3) is 3.94. The van der Waals surface area contributed by atoms with Gasteiger partial charge in [0.1, 0.15) is 17.7 Å². The maximum absolute atomic E-state index is 13.8. The highest BCUT2D eigenvalue weighted by atomic mass is 19.1. The molecule has 0 bridgehead atoms. The molecule has 144 valence electrons. The van der Waals surface area contributed by atoms with Crippen molar-refractivity contribution in [2.24, 2.45) is 0 Å². The molecule has 28 heavy (non-hydrogen) atoms. The summed E-state index contributed by atoms with van der Waals surface area (Å²) in [6.45, 7) is 1.28. The Morgan fingerprint density at radius 2 is 2.04 bits per heavy atom. The summed E-state index contributed by atoms with van der Waals surface area (Å²) in [5.41, 5.74) is 2.64. The van der Waals surface area contributed by atoms with E-state index in [9.17, 15) is 13.6 Å². The van der Waals surface area contributed by atoms with Crippen LogP contribution in [0.25, 0.3) is 0 Å². The van der Waals surface area contributed by atoms with Crippen LogP contribution in [0, 0.1) is 11.6 Å². The highest BCUT2D eigenvalue weighted by Crippen LogP contribution is 2.25. The fourth-order valence-electron chi connectivity index (χ4n) is 3.29. The Balaban J connectivity index is 1.46. The lowest BCUT2D eigenvalue weighted by Crippen LogP contribution is -2.32. The Morgan fingerprint density at radius 3 is 2.86 bits per heavy atom. The molecule has 0 saturated carbocycles. The highest BCUT2D eigenvalue weighted by Gasteiger charge is 2.26. The van der Waals surface area contributed by atoms with Gasteiger partial charge in [-0.2, -0.15) is 5.10 Å². The SMILES string of the molecule is O=C(NCC1OCCc2cn(Cc3ccccc3)nc21)c1cc(F)ccc1F. The Kier molecular flexibility index (Phi) is 5.16. The molecule has 1 unspecified atom stereocenters. The van der Waals surface area contributed by atoms with E-state index in [0.717, 1.165) is 41.4 Å². The highest BCUT2D eigenvalue weighted by molar-refractivity contribution is 5.94. The Morgan fingerprint density at radius 1 is 1.21 bits per heavy atom. The number of hydrogen-bond acceptors (Lipinski definition) is 3. The van der Waals surface area contributed by atoms with Gasteiger partial charge >= 0.3 is 0 Å². The van der Waals surface area contributed by atoms with Crippen molar-refractivity contribution in [2.75, 3.05) is 13.2 Å². The quantitative estimate of drug-likeness (QED) is 0.736. The average molecular weight is 383 g/mol. The first-order valence-corrected chi connectivity index (χ1v) is 9.05. The van der Waals surface area contributed by atoms with Gasteiger partial charge in [-0.15, -0.1) is 0 Å². The van der Waals surface area contributed by atoms with Crippen molar-refractivity contribution < 1.29 is 18.3 Å². The first kappa shape index (κ1) is 18.3. The normalized spacial score (nSPS) is 15.9. The zero-order chi connectivity index (χ0) is 19.5. The van der Waals surface area contributed by atoms with Gasteiger partial charge in [0.05, 0.1) is 24.4 Å². The summed E-state index contributed by atoms with van der Waals surface area (Å²) in [6, 6.07) is 12.8. The number of carbonyl (C=O) groups is 1. The molecule has 1 N–H and O–H groups in total. The molecule has 1 amide bonds. The van der Waals surface area contributed by atoms with E-state index >= 15 is 0 Å². The lowest BCUT2D eigenvalue weighted by atomic mass is 10.1. The maximum atomic E-state index is 13.8. The summed E-state index contributed by atoms with van der Waals surface area (Å²) < 4.78 is 34.7. The molecule has 0 aliphatic carbocycles. The number of carbonyl (C=O) groups excluding carboxylic acids is 1. The summed E-state index contributed by atoms with van der Waals surface area (Å²) in [5.74, 6) is -2.12. The second-order valence-electron chi connectivity index (χ2n) is 6.67. The molecule has 5 nitrogen and oxygen atoms in total. The van der Waals surface area contributed by atoms with Gasteiger partial charge in [-0.1, -0.05) is 30.3 Å². The van der Waals surface area contributed by atoms with E-state index in [4.69, 9.17) is 4.74 Å². The number of hydrogen-bond donors (Lipinski definition) is 1. The van der Waals surface area contributed by atoms with Crippen LogP contribution in [-0.4, -0.2) is 28.8 Å². The van der Waals surface area contributed by atoms with Gasteiger partial charge < -0.3 is 10.1 Å². The molecule has 1 aliphatic rings. The van der Waals surface area contributed by atoms with Crippen LogP contribution in [0.15, 0.2) is 54.7 Å². The Labute approximate surface area is 160 Å². The molecule has 4 rings (SSSR count). The van der Waals surface area contributed by atoms with E-state index in [-0.39, 0.29) is 12.1 Å². The van der Waals surface area contributed by atoms with Crippen LogP contribution < -0.4 is 5.32 Å². The first-order chi connectivity index (χ1) is 13.6. The van der Waals surface area contributed by atoms with E-state index < -0.39 is 23.6 Å². The molecule has 3 aromatic rings. The smallest absolute Gasteiger partial charge is 0.254 e. The minimum absolute atomic E-state index is 0.129. The minimum Gasteiger partial charge on any atom is -0.370 e. The van der Waals surface area contributed by atoms with Gasteiger partial charge in [0.15, 0.2) is 0 Å². The van der Waals surface area contributed by atoms with E-state index in [0.29, 0.717) is 13.2 Å². The van der Waals surface area contributed by atoms with E-state index in [1.807, 2.05) is 41.2 Å². The first-order valence-electron chi connectivity index (χ1n) is 9.05. The van der Waals surface area contributed by atoms with Gasteiger partial charge in [-0.05, 0) is 35.7 Å². The van der Waals surface area contributed by atoms with Crippen LogP contribution >= 0.6 is 0 Å². The van der Waals surface area contributed by atoms with Crippen LogP contribution in [0.3, 0.4) is 0 Å². The van der Waals surface area contributed by atoms with Crippen LogP contribution in [0.1, 0.15) is 33.3 Å². The van der Waals surface area contributed by atoms with Gasteiger partial charge in [0.2, 0.25) is 0 Å². The van der Waals surface area contributed by atoms with E-state index in [2.05, 4.69) is 10.4 Å². The molecule has 1 atom stereocenters. The molecular weight excluding hydrogens is 364 g/mol. The molecule has 2 aromatic carbocycles. The third-order valence-corrected chi connectivity index (χ3v) is 4.67. The molecule has 0 saturated heterocycles. The lowest BCUT2D eigenvalue weighted by molar-refractivity contribution is 0.0383. The van der Waals surface area contributed by atoms with Gasteiger partial charge in [0.25, 0.3) is 5.91 Å². The number of ether oxygens (including phenoxy) is 1. The summed E-state index contributed by atoms with van der Waals surface area (Å²) in [7, 11) is 0. The van der Waals surface area contributed by atoms with E-state index in [1.165, 1.54) is 0 Å². The number of rotatable bonds is 5. The fraction of sp³-hybridized carbons (Fsp3) is 0.238. The summed E-state index contributed by atoms with van der Waals surface area (Å²) in [6.07, 6.45) is 2.31. The standard InChI is InChI=1S/C21H19F2N3O2/c22-16-6-7-18(23)17(10-16)21(27)24-11-19-20-15(8-9-28-19)13-26(25-20)12-14-4-2-1-3-5-14/h1-7,10,13,19H,8-9,11-12H2,(H,24,27). The number of fused-ring (bicyclic) bond motifs is 1. The van der Waals surface area contributed by atoms with E-state index in [1.54, 1.807) is 0 Å². The van der Waals surface area contributed by atoms with Crippen molar-refractivity contribution in [1.29, 1.82) is 0 Å². The second kappa shape index (κ2) is 7.90. The number of amides is 1. The molecule has 0 spiro atoms. The molecule has 0 radical (unpaired) electrons. The predicted molar refractivity (Wildman–Crippen MR) is 98.9 cm³/mol.